The van der Waals surface area contributed by atoms with E-state index in [2.05, 4.69) is 22.4 Å². The van der Waals surface area contributed by atoms with E-state index in [4.69, 9.17) is 9.26 Å². The van der Waals surface area contributed by atoms with Crippen LogP contribution in [0.15, 0.2) is 4.52 Å². The third kappa shape index (κ3) is 5.19. The summed E-state index contributed by atoms with van der Waals surface area (Å²) in [7, 11) is 0. The van der Waals surface area contributed by atoms with E-state index in [0.717, 1.165) is 24.5 Å². The molecule has 21 heavy (non-hydrogen) atoms. The minimum Gasteiger partial charge on any atom is -0.375 e. The van der Waals surface area contributed by atoms with Crippen molar-refractivity contribution in [2.24, 2.45) is 0 Å². The fourth-order valence-electron chi connectivity index (χ4n) is 2.18. The van der Waals surface area contributed by atoms with Gasteiger partial charge in [0.2, 0.25) is 5.89 Å². The van der Waals surface area contributed by atoms with Gasteiger partial charge in [0.05, 0.1) is 12.5 Å². The Morgan fingerprint density at radius 2 is 2.33 bits per heavy atom. The monoisotopic (exact) mass is 321 g/mol. The van der Waals surface area contributed by atoms with E-state index in [0.29, 0.717) is 24.2 Å². The zero-order chi connectivity index (χ0) is 15.1. The molecule has 1 aliphatic heterocycles. The molecular formula is C13H21F2N3O2S. The molecule has 5 nitrogen and oxygen atoms in total. The Kier molecular flexibility index (Phi) is 6.85. The highest BCUT2D eigenvalue weighted by molar-refractivity contribution is 7.99. The summed E-state index contributed by atoms with van der Waals surface area (Å²) in [6.45, 7) is 2.74. The number of halogens is 2. The predicted octanol–water partition coefficient (Wildman–Crippen LogP) is 2.09. The van der Waals surface area contributed by atoms with Crippen molar-refractivity contribution < 1.29 is 18.0 Å². The van der Waals surface area contributed by atoms with Crippen LogP contribution in [0.25, 0.3) is 0 Å². The fraction of sp³-hybridized carbons (Fsp3) is 0.846. The van der Waals surface area contributed by atoms with Crippen molar-refractivity contribution in [1.82, 2.24) is 15.5 Å². The van der Waals surface area contributed by atoms with Gasteiger partial charge in [-0.2, -0.15) is 16.7 Å². The molecule has 2 heterocycles. The van der Waals surface area contributed by atoms with Crippen molar-refractivity contribution in [3.05, 3.63) is 11.7 Å². The highest BCUT2D eigenvalue weighted by atomic mass is 32.2. The van der Waals surface area contributed by atoms with Gasteiger partial charge in [-0.3, -0.25) is 0 Å². The van der Waals surface area contributed by atoms with E-state index in [1.54, 1.807) is 0 Å². The number of alkyl halides is 2. The molecule has 1 N–H and O–H groups in total. The van der Waals surface area contributed by atoms with Crippen molar-refractivity contribution in [1.29, 1.82) is 0 Å². The second-order valence-electron chi connectivity index (χ2n) is 4.97. The average molecular weight is 321 g/mol. The number of thioether (sulfide) groups is 1. The summed E-state index contributed by atoms with van der Waals surface area (Å²) in [6, 6.07) is 0.360. The Labute approximate surface area is 127 Å². The number of ether oxygens (including phenoxy) is 1. The van der Waals surface area contributed by atoms with E-state index in [9.17, 15) is 8.78 Å². The van der Waals surface area contributed by atoms with E-state index in [1.165, 1.54) is 0 Å². The molecule has 0 aromatic carbocycles. The predicted molar refractivity (Wildman–Crippen MR) is 77.0 cm³/mol. The van der Waals surface area contributed by atoms with Gasteiger partial charge in [0.15, 0.2) is 5.82 Å². The normalized spacial score (nSPS) is 22.3. The highest BCUT2D eigenvalue weighted by Crippen LogP contribution is 2.32. The first-order valence-electron chi connectivity index (χ1n) is 7.20. The Balaban J connectivity index is 1.81. The summed E-state index contributed by atoms with van der Waals surface area (Å²) in [4.78, 5) is 4.37. The zero-order valence-electron chi connectivity index (χ0n) is 12.1. The van der Waals surface area contributed by atoms with Gasteiger partial charge in [0.1, 0.15) is 6.61 Å². The Morgan fingerprint density at radius 3 is 3.10 bits per heavy atom. The molecule has 1 saturated heterocycles. The summed E-state index contributed by atoms with van der Waals surface area (Å²) in [5.74, 6) is 3.39. The molecule has 1 aromatic heterocycles. The lowest BCUT2D eigenvalue weighted by Gasteiger charge is -2.16. The lowest BCUT2D eigenvalue weighted by molar-refractivity contribution is 0.0182. The molecule has 2 rings (SSSR count). The van der Waals surface area contributed by atoms with Crippen molar-refractivity contribution in [3.63, 3.8) is 0 Å². The van der Waals surface area contributed by atoms with Gasteiger partial charge >= 0.3 is 0 Å². The molecular weight excluding hydrogens is 300 g/mol. The summed E-state index contributed by atoms with van der Waals surface area (Å²) in [6.07, 6.45) is -0.958. The third-order valence-electron chi connectivity index (χ3n) is 3.25. The van der Waals surface area contributed by atoms with E-state index >= 15 is 0 Å². The highest BCUT2D eigenvalue weighted by Gasteiger charge is 2.32. The maximum Gasteiger partial charge on any atom is 0.261 e. The summed E-state index contributed by atoms with van der Waals surface area (Å²) >= 11 is 1.87. The van der Waals surface area contributed by atoms with Crippen LogP contribution in [-0.4, -0.2) is 53.9 Å². The maximum atomic E-state index is 11.9. The van der Waals surface area contributed by atoms with E-state index in [1.807, 2.05) is 11.8 Å². The van der Waals surface area contributed by atoms with Gasteiger partial charge in [0, 0.05) is 24.0 Å². The molecule has 2 unspecified atom stereocenters. The van der Waals surface area contributed by atoms with Gasteiger partial charge in [-0.05, 0) is 13.0 Å². The van der Waals surface area contributed by atoms with Gasteiger partial charge in [-0.25, -0.2) is 8.78 Å². The number of hydrogen-bond donors (Lipinski definition) is 1. The van der Waals surface area contributed by atoms with Gasteiger partial charge < -0.3 is 14.6 Å². The van der Waals surface area contributed by atoms with Crippen molar-refractivity contribution in [3.8, 4) is 0 Å². The molecule has 120 valence electrons. The largest absolute Gasteiger partial charge is 0.375 e. The number of aromatic nitrogens is 2. The standard InChI is InChI=1S/C13H21F2N3O2S/c1-2-4-16-10-8-21-7-9(10)13-17-12(18-20-13)3-5-19-6-11(14)15/h9-11,16H,2-8H2,1H3. The lowest BCUT2D eigenvalue weighted by atomic mass is 10.0. The van der Waals surface area contributed by atoms with Gasteiger partial charge in [-0.1, -0.05) is 12.1 Å². The van der Waals surface area contributed by atoms with Crippen LogP contribution < -0.4 is 5.32 Å². The molecule has 1 fully saturated rings. The van der Waals surface area contributed by atoms with Gasteiger partial charge in [-0.15, -0.1) is 0 Å². The Morgan fingerprint density at radius 1 is 1.48 bits per heavy atom. The molecule has 8 heteroatoms. The summed E-state index contributed by atoms with van der Waals surface area (Å²) < 4.78 is 34.0. The molecule has 0 spiro atoms. The molecule has 2 atom stereocenters. The third-order valence-corrected chi connectivity index (χ3v) is 4.44. The van der Waals surface area contributed by atoms with Crippen LogP contribution in [0.3, 0.4) is 0 Å². The second kappa shape index (κ2) is 8.65. The van der Waals surface area contributed by atoms with Gasteiger partial charge in [0.25, 0.3) is 6.43 Å². The molecule has 0 bridgehead atoms. The minimum absolute atomic E-state index is 0.181. The van der Waals surface area contributed by atoms with Crippen molar-refractivity contribution in [2.45, 2.75) is 38.2 Å². The quantitative estimate of drug-likeness (QED) is 0.703. The molecule has 0 amide bonds. The zero-order valence-corrected chi connectivity index (χ0v) is 12.9. The smallest absolute Gasteiger partial charge is 0.261 e. The number of hydrogen-bond acceptors (Lipinski definition) is 6. The second-order valence-corrected chi connectivity index (χ2v) is 6.04. The van der Waals surface area contributed by atoms with Crippen LogP contribution in [0, 0.1) is 0 Å². The molecule has 0 saturated carbocycles. The first-order chi connectivity index (χ1) is 10.2. The summed E-state index contributed by atoms with van der Waals surface area (Å²) in [5, 5.41) is 7.40. The maximum absolute atomic E-state index is 11.9. The SMILES string of the molecule is CCCNC1CSCC1c1nc(CCOCC(F)F)no1. The average Bonchev–Trinajstić information content (AvgIpc) is 3.09. The van der Waals surface area contributed by atoms with E-state index < -0.39 is 13.0 Å². The molecule has 1 aromatic rings. The van der Waals surface area contributed by atoms with Crippen molar-refractivity contribution in [2.75, 3.05) is 31.3 Å². The van der Waals surface area contributed by atoms with Crippen LogP contribution in [0.2, 0.25) is 0 Å². The van der Waals surface area contributed by atoms with E-state index in [-0.39, 0.29) is 12.5 Å². The Hall–Kier alpha value is -0.730. The Bertz CT molecular complexity index is 420. The van der Waals surface area contributed by atoms with Crippen LogP contribution >= 0.6 is 11.8 Å². The van der Waals surface area contributed by atoms with Crippen LogP contribution in [0.5, 0.6) is 0 Å². The summed E-state index contributed by atoms with van der Waals surface area (Å²) in [5.41, 5.74) is 0. The van der Waals surface area contributed by atoms with Crippen LogP contribution in [0.1, 0.15) is 31.0 Å². The number of rotatable bonds is 9. The lowest BCUT2D eigenvalue weighted by Crippen LogP contribution is -2.34. The fourth-order valence-corrected chi connectivity index (χ4v) is 3.55. The topological polar surface area (TPSA) is 60.2 Å². The molecule has 0 aliphatic carbocycles. The first-order valence-corrected chi connectivity index (χ1v) is 8.35. The molecule has 0 radical (unpaired) electrons. The number of nitrogens with zero attached hydrogens (tertiary/aromatic N) is 2. The minimum atomic E-state index is -2.44. The number of nitrogens with one attached hydrogen (secondary N) is 1. The van der Waals surface area contributed by atoms with Crippen LogP contribution in [0.4, 0.5) is 8.78 Å². The van der Waals surface area contributed by atoms with Crippen molar-refractivity contribution >= 4 is 11.8 Å². The first kappa shape index (κ1) is 16.6. The van der Waals surface area contributed by atoms with Crippen LogP contribution in [-0.2, 0) is 11.2 Å². The molecule has 1 aliphatic rings.